The van der Waals surface area contributed by atoms with Crippen LogP contribution in [-0.4, -0.2) is 42.1 Å². The van der Waals surface area contributed by atoms with Crippen molar-refractivity contribution in [2.45, 2.75) is 26.1 Å². The lowest BCUT2D eigenvalue weighted by Gasteiger charge is -2.25. The fourth-order valence-corrected chi connectivity index (χ4v) is 1.55. The number of alkyl halides is 3. The van der Waals surface area contributed by atoms with Crippen LogP contribution in [0.25, 0.3) is 0 Å². The molecule has 0 saturated carbocycles. The highest BCUT2D eigenvalue weighted by atomic mass is 19.4. The fraction of sp³-hybridized carbons (Fsp3) is 0.583. The highest BCUT2D eigenvalue weighted by Crippen LogP contribution is 2.26. The SMILES string of the molecule is CC(C)Oc1nc(N(CCO)CC(F)(F)F)ccc1N. The van der Waals surface area contributed by atoms with Gasteiger partial charge in [-0.25, -0.2) is 0 Å². The Balaban J connectivity index is 3.01. The van der Waals surface area contributed by atoms with Gasteiger partial charge in [0.05, 0.1) is 18.4 Å². The Morgan fingerprint density at radius 2 is 2.05 bits per heavy atom. The van der Waals surface area contributed by atoms with Gasteiger partial charge in [-0.1, -0.05) is 0 Å². The number of nitrogen functional groups attached to an aromatic ring is 1. The second-order valence-corrected chi connectivity index (χ2v) is 4.49. The summed E-state index contributed by atoms with van der Waals surface area (Å²) < 4.78 is 42.8. The molecule has 0 bridgehead atoms. The summed E-state index contributed by atoms with van der Waals surface area (Å²) in [6.45, 7) is 1.72. The molecule has 0 amide bonds. The van der Waals surface area contributed by atoms with Crippen LogP contribution in [0.1, 0.15) is 13.8 Å². The number of aliphatic hydroxyl groups excluding tert-OH is 1. The zero-order chi connectivity index (χ0) is 15.3. The van der Waals surface area contributed by atoms with Gasteiger partial charge in [0.1, 0.15) is 12.4 Å². The molecule has 0 atom stereocenters. The lowest BCUT2D eigenvalue weighted by Crippen LogP contribution is -2.36. The Kier molecular flexibility index (Phi) is 5.43. The number of rotatable bonds is 6. The number of halogens is 3. The summed E-state index contributed by atoms with van der Waals surface area (Å²) in [7, 11) is 0. The van der Waals surface area contributed by atoms with Gasteiger partial charge in [-0.05, 0) is 26.0 Å². The van der Waals surface area contributed by atoms with E-state index < -0.39 is 19.3 Å². The molecule has 114 valence electrons. The Labute approximate surface area is 115 Å². The van der Waals surface area contributed by atoms with Crippen molar-refractivity contribution in [2.24, 2.45) is 0 Å². The minimum atomic E-state index is -4.39. The Morgan fingerprint density at radius 1 is 1.40 bits per heavy atom. The maximum Gasteiger partial charge on any atom is 0.405 e. The molecule has 0 aromatic carbocycles. The molecule has 0 aliphatic heterocycles. The maximum atomic E-state index is 12.5. The highest BCUT2D eigenvalue weighted by Gasteiger charge is 2.31. The first-order chi connectivity index (χ1) is 9.23. The van der Waals surface area contributed by atoms with Crippen LogP contribution in [0.2, 0.25) is 0 Å². The lowest BCUT2D eigenvalue weighted by atomic mass is 10.3. The number of pyridine rings is 1. The third-order valence-electron chi connectivity index (χ3n) is 2.29. The molecular formula is C12H18F3N3O2. The zero-order valence-corrected chi connectivity index (χ0v) is 11.3. The topological polar surface area (TPSA) is 71.6 Å². The molecule has 1 aromatic heterocycles. The molecule has 1 rings (SSSR count). The molecule has 0 unspecified atom stereocenters. The van der Waals surface area contributed by atoms with Gasteiger partial charge in [0.2, 0.25) is 5.88 Å². The Hall–Kier alpha value is -1.70. The van der Waals surface area contributed by atoms with Crippen molar-refractivity contribution in [3.05, 3.63) is 12.1 Å². The highest BCUT2D eigenvalue weighted by molar-refractivity contribution is 5.54. The maximum absolute atomic E-state index is 12.5. The number of nitrogens with two attached hydrogens (primary N) is 1. The van der Waals surface area contributed by atoms with Gasteiger partial charge >= 0.3 is 6.18 Å². The van der Waals surface area contributed by atoms with Crippen molar-refractivity contribution in [3.63, 3.8) is 0 Å². The molecule has 0 saturated heterocycles. The molecule has 0 aliphatic rings. The number of aliphatic hydroxyl groups is 1. The van der Waals surface area contributed by atoms with Crippen LogP contribution in [0, 0.1) is 0 Å². The van der Waals surface area contributed by atoms with Gasteiger partial charge in [-0.2, -0.15) is 18.2 Å². The molecule has 0 fully saturated rings. The van der Waals surface area contributed by atoms with E-state index in [1.54, 1.807) is 13.8 Å². The quantitative estimate of drug-likeness (QED) is 0.837. The van der Waals surface area contributed by atoms with Gasteiger partial charge in [-0.15, -0.1) is 0 Å². The van der Waals surface area contributed by atoms with Gasteiger partial charge in [-0.3, -0.25) is 0 Å². The van der Waals surface area contributed by atoms with E-state index >= 15 is 0 Å². The number of hydrogen-bond donors (Lipinski definition) is 2. The zero-order valence-electron chi connectivity index (χ0n) is 11.3. The second-order valence-electron chi connectivity index (χ2n) is 4.49. The van der Waals surface area contributed by atoms with Crippen molar-refractivity contribution in [1.82, 2.24) is 4.98 Å². The van der Waals surface area contributed by atoms with E-state index in [2.05, 4.69) is 4.98 Å². The number of nitrogens with zero attached hydrogens (tertiary/aromatic N) is 2. The van der Waals surface area contributed by atoms with Crippen LogP contribution in [0.4, 0.5) is 24.7 Å². The summed E-state index contributed by atoms with van der Waals surface area (Å²) in [5.74, 6) is 0.142. The van der Waals surface area contributed by atoms with E-state index in [0.717, 1.165) is 4.90 Å². The number of ether oxygens (including phenoxy) is 1. The standard InChI is InChI=1S/C12H18F3N3O2/c1-8(2)20-11-9(16)3-4-10(17-11)18(5-6-19)7-12(13,14)15/h3-4,8,19H,5-7,16H2,1-2H3. The predicted octanol–water partition coefficient (Wildman–Crippen LogP) is 1.81. The molecule has 1 aromatic rings. The first kappa shape index (κ1) is 16.4. The van der Waals surface area contributed by atoms with Gasteiger partial charge in [0.25, 0.3) is 0 Å². The van der Waals surface area contributed by atoms with Crippen LogP contribution in [-0.2, 0) is 0 Å². The number of aromatic nitrogens is 1. The smallest absolute Gasteiger partial charge is 0.405 e. The third kappa shape index (κ3) is 5.12. The van der Waals surface area contributed by atoms with Gasteiger partial charge in [0, 0.05) is 6.54 Å². The molecule has 5 nitrogen and oxygen atoms in total. The lowest BCUT2D eigenvalue weighted by molar-refractivity contribution is -0.120. The van der Waals surface area contributed by atoms with Gasteiger partial charge < -0.3 is 20.5 Å². The first-order valence-corrected chi connectivity index (χ1v) is 6.08. The number of anilines is 2. The molecular weight excluding hydrogens is 275 g/mol. The molecule has 0 radical (unpaired) electrons. The second kappa shape index (κ2) is 6.65. The minimum absolute atomic E-state index is 0.0567. The summed E-state index contributed by atoms with van der Waals surface area (Å²) in [5, 5.41) is 8.87. The van der Waals surface area contributed by atoms with Crippen LogP contribution in [0.5, 0.6) is 5.88 Å². The molecule has 3 N–H and O–H groups in total. The van der Waals surface area contributed by atoms with Crippen LogP contribution in [0.15, 0.2) is 12.1 Å². The van der Waals surface area contributed by atoms with E-state index in [0.29, 0.717) is 0 Å². The van der Waals surface area contributed by atoms with Crippen molar-refractivity contribution < 1.29 is 23.0 Å². The van der Waals surface area contributed by atoms with Crippen LogP contribution < -0.4 is 15.4 Å². The third-order valence-corrected chi connectivity index (χ3v) is 2.29. The minimum Gasteiger partial charge on any atom is -0.473 e. The molecule has 1 heterocycles. The summed E-state index contributed by atoms with van der Waals surface area (Å²) >= 11 is 0. The van der Waals surface area contributed by atoms with E-state index in [-0.39, 0.29) is 30.0 Å². The fourth-order valence-electron chi connectivity index (χ4n) is 1.55. The summed E-state index contributed by atoms with van der Waals surface area (Å²) in [4.78, 5) is 4.91. The monoisotopic (exact) mass is 293 g/mol. The van der Waals surface area contributed by atoms with Crippen LogP contribution >= 0.6 is 0 Å². The van der Waals surface area contributed by atoms with E-state index in [4.69, 9.17) is 15.6 Å². The molecule has 20 heavy (non-hydrogen) atoms. The van der Waals surface area contributed by atoms with Crippen molar-refractivity contribution in [1.29, 1.82) is 0 Å². The Bertz CT molecular complexity index is 438. The largest absolute Gasteiger partial charge is 0.473 e. The van der Waals surface area contributed by atoms with E-state index in [9.17, 15) is 13.2 Å². The normalized spacial score (nSPS) is 11.8. The van der Waals surface area contributed by atoms with E-state index in [1.807, 2.05) is 0 Å². The first-order valence-electron chi connectivity index (χ1n) is 6.08. The Morgan fingerprint density at radius 3 is 2.55 bits per heavy atom. The predicted molar refractivity (Wildman–Crippen MR) is 69.8 cm³/mol. The number of hydrogen-bond acceptors (Lipinski definition) is 5. The average Bonchev–Trinajstić information content (AvgIpc) is 2.29. The summed E-state index contributed by atoms with van der Waals surface area (Å²) in [6, 6.07) is 2.80. The van der Waals surface area contributed by atoms with E-state index in [1.165, 1.54) is 12.1 Å². The van der Waals surface area contributed by atoms with Crippen molar-refractivity contribution in [2.75, 3.05) is 30.3 Å². The summed E-state index contributed by atoms with van der Waals surface area (Å²) in [5.41, 5.74) is 5.91. The van der Waals surface area contributed by atoms with Crippen LogP contribution in [0.3, 0.4) is 0 Å². The summed E-state index contributed by atoms with van der Waals surface area (Å²) in [6.07, 6.45) is -4.59. The molecule has 0 aliphatic carbocycles. The average molecular weight is 293 g/mol. The molecule has 8 heteroatoms. The van der Waals surface area contributed by atoms with Crippen molar-refractivity contribution >= 4 is 11.5 Å². The van der Waals surface area contributed by atoms with Crippen molar-refractivity contribution in [3.8, 4) is 5.88 Å². The van der Waals surface area contributed by atoms with Gasteiger partial charge in [0.15, 0.2) is 0 Å². The molecule has 0 spiro atoms.